The van der Waals surface area contributed by atoms with Gasteiger partial charge >= 0.3 is 0 Å². The topological polar surface area (TPSA) is 0 Å². The van der Waals surface area contributed by atoms with Crippen molar-refractivity contribution in [2.45, 2.75) is 0 Å². The molecule has 0 fully saturated rings. The molecule has 0 aliphatic carbocycles. The van der Waals surface area contributed by atoms with Crippen molar-refractivity contribution in [2.75, 3.05) is 0 Å². The summed E-state index contributed by atoms with van der Waals surface area (Å²) in [4.78, 5) is 0. The lowest BCUT2D eigenvalue weighted by atomic mass is 9.84. The van der Waals surface area contributed by atoms with Crippen LogP contribution in [0, 0.1) is 0 Å². The number of benzene rings is 21. The second kappa shape index (κ2) is 25.5. The molecular formula is C102H66. The summed E-state index contributed by atoms with van der Waals surface area (Å²) in [6, 6.07) is -56.7. The second-order valence-electron chi connectivity index (χ2n) is 21.8. The average molecular weight is 1360 g/mol. The van der Waals surface area contributed by atoms with Crippen LogP contribution in [0.25, 0.3) is 196 Å². The minimum absolute atomic E-state index is 0.523. The Morgan fingerprint density at radius 2 is 0.284 bits per heavy atom. The van der Waals surface area contributed by atoms with Crippen molar-refractivity contribution >= 4 is 129 Å². The maximum atomic E-state index is 9.32. The van der Waals surface area contributed by atoms with Gasteiger partial charge in [-0.2, -0.15) is 0 Å². The Morgan fingerprint density at radius 1 is 0.118 bits per heavy atom. The Kier molecular flexibility index (Phi) is 5.73. The fourth-order valence-corrected chi connectivity index (χ4v) is 12.1. The quantitative estimate of drug-likeness (QED) is 0.146. The van der Waals surface area contributed by atoms with Crippen LogP contribution in [-0.4, -0.2) is 0 Å². The Balaban J connectivity index is 0.000000154. The van der Waals surface area contributed by atoms with Gasteiger partial charge in [0, 0.05) is 0 Å². The monoisotopic (exact) mass is 1360 g/mol. The summed E-state index contributed by atoms with van der Waals surface area (Å²) in [7, 11) is 0. The van der Waals surface area contributed by atoms with Gasteiger partial charge in [0.15, 0.2) is 0 Å². The van der Waals surface area contributed by atoms with E-state index in [1.54, 1.807) is 0 Å². The smallest absolute Gasteiger partial charge is 0.0616 e. The Bertz CT molecular complexity index is 10400. The summed E-state index contributed by atoms with van der Waals surface area (Å²) >= 11 is 0. The molecule has 0 aromatic heterocycles. The molecule has 102 heavy (non-hydrogen) atoms. The predicted molar refractivity (Wildman–Crippen MR) is 442 cm³/mol. The molecule has 21 rings (SSSR count). The third kappa shape index (κ3) is 10.4. The van der Waals surface area contributed by atoms with Gasteiger partial charge in [0.1, 0.15) is 0 Å². The van der Waals surface area contributed by atoms with E-state index in [9.17, 15) is 15.1 Å². The Hall–Kier alpha value is -13.3. The summed E-state index contributed by atoms with van der Waals surface area (Å²) < 4.78 is 579. The molecule has 0 atom stereocenters. The lowest BCUT2D eigenvalue weighted by Gasteiger charge is -2.19. The minimum Gasteiger partial charge on any atom is -0.0616 e. The first-order chi connectivity index (χ1) is 78.1. The largest absolute Gasteiger partial charge is 0.0636 e. The average Bonchev–Trinajstić information content (AvgIpc) is 0.681. The van der Waals surface area contributed by atoms with Crippen LogP contribution >= 0.6 is 0 Å². The van der Waals surface area contributed by atoms with Gasteiger partial charge in [-0.1, -0.05) is 381 Å². The first-order valence-electron chi connectivity index (χ1n) is 63.0. The lowest BCUT2D eigenvalue weighted by Crippen LogP contribution is -1.92. The molecule has 21 aromatic rings. The Labute approximate surface area is 685 Å². The van der Waals surface area contributed by atoms with E-state index in [-0.39, 0.29) is 0 Å². The summed E-state index contributed by atoms with van der Waals surface area (Å²) in [5.41, 5.74) is -7.76. The van der Waals surface area contributed by atoms with Crippen molar-refractivity contribution in [3.63, 3.8) is 0 Å². The van der Waals surface area contributed by atoms with Crippen LogP contribution in [-0.2, 0) is 0 Å². The van der Waals surface area contributed by atoms with E-state index in [4.69, 9.17) is 75.4 Å². The third-order valence-electron chi connectivity index (χ3n) is 16.3. The standard InChI is InChI=1S/3C34H22/c1-3-15-25-23(11-1)13-9-21-27(25)33-29-17-5-7-19-31(29)34(32-20-8-6-18-30(32)33)28-22-10-14-24-12-2-4-16-26(24)28;1-3-11-25-21-27(19-17-23(25)9-1)33-29-13-5-7-15-31(29)34(32-16-8-6-14-30(32)33)28-20-18-24-10-2-4-12-26(24)22-28;1-2-12-25-22-26(21-20-23(25)10-1)33-29-15-5-7-17-31(29)34(32-18-8-6-16-30(32)33)28-19-9-13-24-11-3-4-14-27(24)28/h3*1-22H/i3*1D,2D,3D,4D,5D,6D,7D,8D,9D,10D,11D,12D,13D,14D,15D,16D,17D,18D,19D,20D,21D,22D. The summed E-state index contributed by atoms with van der Waals surface area (Å²) in [6.45, 7) is 0. The number of rotatable bonds is 6. The van der Waals surface area contributed by atoms with Crippen molar-refractivity contribution in [3.05, 3.63) is 399 Å². The molecule has 0 aliphatic rings. The van der Waals surface area contributed by atoms with E-state index in [0.717, 1.165) is 0 Å². The molecule has 21 aromatic carbocycles. The van der Waals surface area contributed by atoms with Gasteiger partial charge in [-0.3, -0.25) is 0 Å². The molecule has 0 bridgehead atoms. The summed E-state index contributed by atoms with van der Waals surface area (Å²) in [5.74, 6) is 0. The van der Waals surface area contributed by atoms with Gasteiger partial charge in [-0.15, -0.1) is 0 Å². The van der Waals surface area contributed by atoms with E-state index in [0.29, 0.717) is 0 Å². The van der Waals surface area contributed by atoms with Crippen molar-refractivity contribution in [1.82, 2.24) is 0 Å². The molecule has 0 N–H and O–H groups in total. The zero-order valence-electron chi connectivity index (χ0n) is 117. The molecular weight excluding hydrogens is 1230 g/mol. The van der Waals surface area contributed by atoms with Crippen LogP contribution in [0.15, 0.2) is 399 Å². The van der Waals surface area contributed by atoms with Crippen LogP contribution in [0.1, 0.15) is 90.5 Å². The maximum Gasteiger partial charge on any atom is 0.0636 e. The molecule has 0 saturated heterocycles. The normalized spacial score (nSPS) is 20.6. The molecule has 0 heteroatoms. The van der Waals surface area contributed by atoms with Gasteiger partial charge in [-0.05, 0) is 214 Å². The highest BCUT2D eigenvalue weighted by Gasteiger charge is 2.22. The predicted octanol–water partition coefficient (Wildman–Crippen LogP) is 28.9. The third-order valence-corrected chi connectivity index (χ3v) is 16.3. The molecule has 474 valence electrons. The van der Waals surface area contributed by atoms with E-state index >= 15 is 0 Å². The van der Waals surface area contributed by atoms with Crippen LogP contribution < -0.4 is 0 Å². The molecule has 0 saturated carbocycles. The fourth-order valence-electron chi connectivity index (χ4n) is 12.1. The Morgan fingerprint density at radius 3 is 0.510 bits per heavy atom. The summed E-state index contributed by atoms with van der Waals surface area (Å²) in [6.07, 6.45) is 0. The van der Waals surface area contributed by atoms with E-state index in [1.807, 2.05) is 0 Å². The zero-order valence-corrected chi connectivity index (χ0v) is 51.0. The SMILES string of the molecule is [2H]c1c([2H])c([2H])c2c(-c3c4c([2H])c([2H])c([2H])c([2H])c4c(-c4c([2H])c([2H])c([2H])c5c([2H])c([2H])c([2H])c([2H])c45)c4c([2H])c([2H])c([2H])c([2H])c34)c([2H])c([2H])c([2H])c2c1[2H].[2H]c1c([2H])c([2H])c2c([2H])c(-c3c4c([2H])c([2H])c([2H])c([2H])c4c(-c4c([2H])c([2H])c([2H])c5c([2H])c([2H])c([2H])c([2H])c45)c4c([2H])c([2H])c([2H])c([2H])c34)c([2H])c([2H])c2c1[2H].[2H]c1c([2H])c([2H])c2c([2H])c(-c3c4c([2H])c([2H])c([2H])c([2H])c4c(-c4c([2H])c([2H])c5c([2H])c([2H])c([2H])c([2H])c5c4[2H])c4c([2H])c([2H])c([2H])c([2H])c34)c([2H])c([2H])c2c1[2H]. The molecule has 0 unspecified atom stereocenters. The van der Waals surface area contributed by atoms with Crippen molar-refractivity contribution in [1.29, 1.82) is 0 Å². The van der Waals surface area contributed by atoms with Gasteiger partial charge < -0.3 is 0 Å². The van der Waals surface area contributed by atoms with Crippen LogP contribution in [0.2, 0.25) is 0 Å². The lowest BCUT2D eigenvalue weighted by molar-refractivity contribution is 1.68. The van der Waals surface area contributed by atoms with Crippen LogP contribution in [0.3, 0.4) is 0 Å². The van der Waals surface area contributed by atoms with E-state index < -0.39 is 595 Å². The summed E-state index contributed by atoms with van der Waals surface area (Å²) in [5, 5.41) is -14.4. The van der Waals surface area contributed by atoms with Crippen molar-refractivity contribution in [2.24, 2.45) is 0 Å². The van der Waals surface area contributed by atoms with Crippen molar-refractivity contribution in [3.8, 4) is 66.8 Å². The molecule has 0 heterocycles. The first kappa shape index (κ1) is 22.9. The van der Waals surface area contributed by atoms with Gasteiger partial charge in [0.2, 0.25) is 0 Å². The highest BCUT2D eigenvalue weighted by molar-refractivity contribution is 6.27. The molecule has 0 spiro atoms. The highest BCUT2D eigenvalue weighted by atomic mass is 14.3. The second-order valence-corrected chi connectivity index (χ2v) is 21.8. The molecule has 0 nitrogen and oxygen atoms in total. The van der Waals surface area contributed by atoms with Gasteiger partial charge in [0.05, 0.1) is 90.5 Å². The zero-order chi connectivity index (χ0) is 125. The van der Waals surface area contributed by atoms with Gasteiger partial charge in [0.25, 0.3) is 0 Å². The van der Waals surface area contributed by atoms with E-state index in [2.05, 4.69) is 0 Å². The van der Waals surface area contributed by atoms with Gasteiger partial charge in [-0.25, -0.2) is 0 Å². The molecule has 0 radical (unpaired) electrons. The van der Waals surface area contributed by atoms with Crippen molar-refractivity contribution < 1.29 is 90.5 Å². The maximum absolute atomic E-state index is 9.32. The highest BCUT2D eigenvalue weighted by Crippen LogP contribution is 2.50. The number of fused-ring (bicyclic) bond motifs is 12. The van der Waals surface area contributed by atoms with E-state index in [1.165, 1.54) is 0 Å². The molecule has 0 amide bonds. The number of hydrogen-bond acceptors (Lipinski definition) is 0. The van der Waals surface area contributed by atoms with Crippen LogP contribution in [0.5, 0.6) is 0 Å². The van der Waals surface area contributed by atoms with Crippen LogP contribution in [0.4, 0.5) is 0 Å². The minimum atomic E-state index is -0.920. The number of hydrogen-bond donors (Lipinski definition) is 0. The first-order valence-corrected chi connectivity index (χ1v) is 30.0. The fraction of sp³-hybridized carbons (Fsp3) is 0. The molecule has 0 aliphatic heterocycles.